The Morgan fingerprint density at radius 3 is 2.02 bits per heavy atom. The van der Waals surface area contributed by atoms with Gasteiger partial charge in [-0.2, -0.15) is 16.8 Å². The summed E-state index contributed by atoms with van der Waals surface area (Å²) in [5.41, 5.74) is 27.6. The van der Waals surface area contributed by atoms with Crippen LogP contribution < -0.4 is 71.2 Å². The van der Waals surface area contributed by atoms with Gasteiger partial charge < -0.3 is 76.3 Å². The Morgan fingerprint density at radius 1 is 0.912 bits per heavy atom. The number of carbonyl (C=O) groups is 7. The van der Waals surface area contributed by atoms with Gasteiger partial charge in [-0.05, 0) is 25.8 Å². The number of rotatable bonds is 10. The van der Waals surface area contributed by atoms with E-state index in [1.54, 1.807) is 0 Å². The summed E-state index contributed by atoms with van der Waals surface area (Å²) in [4.78, 5) is 93.9. The van der Waals surface area contributed by atoms with Crippen molar-refractivity contribution in [2.24, 2.45) is 33.7 Å². The molecule has 0 aliphatic carbocycles. The van der Waals surface area contributed by atoms with Gasteiger partial charge in [0.2, 0.25) is 29.5 Å². The number of carbonyl (C=O) groups excluding carboxylic acids is 7. The smallest absolute Gasteiger partial charge is 0.394 e. The molecule has 2 heterocycles. The van der Waals surface area contributed by atoms with Crippen LogP contribution in [0, 0.1) is 0 Å². The lowest BCUT2D eigenvalue weighted by Crippen LogP contribution is -2.64. The van der Waals surface area contributed by atoms with E-state index in [1.165, 1.54) is 0 Å². The van der Waals surface area contributed by atoms with E-state index < -0.39 is 124 Å². The summed E-state index contributed by atoms with van der Waals surface area (Å²) < 4.78 is 63.2. The van der Waals surface area contributed by atoms with E-state index >= 15 is 0 Å². The van der Waals surface area contributed by atoms with E-state index in [0.717, 1.165) is 6.20 Å². The highest BCUT2D eigenvalue weighted by molar-refractivity contribution is 7.80. The lowest BCUT2D eigenvalue weighted by atomic mass is 10.0. The number of amides is 8. The van der Waals surface area contributed by atoms with Gasteiger partial charge in [0.05, 0.1) is 12.6 Å². The summed E-state index contributed by atoms with van der Waals surface area (Å²) >= 11 is 0. The largest absolute Gasteiger partial charge is 0.394 e. The number of nitrogens with zero attached hydrogens (tertiary/aromatic N) is 1. The molecule has 23 N–H and O–H groups in total. The average Bonchev–Trinajstić information content (AvgIpc) is 3.08. The zero-order chi connectivity index (χ0) is 44.1. The maximum Gasteiger partial charge on any atom is 0.394 e. The van der Waals surface area contributed by atoms with Crippen LogP contribution in [0.25, 0.3) is 0 Å². The van der Waals surface area contributed by atoms with Gasteiger partial charge in [-0.15, -0.1) is 0 Å². The molecule has 32 heteroatoms. The Labute approximate surface area is 324 Å². The molecular formula is C25H48N14O16S2. The molecule has 1 fully saturated rings. The molecule has 326 valence electrons. The molecule has 0 saturated carbocycles. The second-order valence-electron chi connectivity index (χ2n) is 11.6. The number of guanidine groups is 1. The molecule has 30 nitrogen and oxygen atoms in total. The molecule has 57 heavy (non-hydrogen) atoms. The number of urea groups is 1. The number of aliphatic hydroxyl groups is 1. The van der Waals surface area contributed by atoms with Crippen molar-refractivity contribution in [1.29, 1.82) is 0 Å². The minimum atomic E-state index is -4.67. The number of nitrogens with one attached hydrogen (secondary N) is 8. The van der Waals surface area contributed by atoms with Crippen molar-refractivity contribution in [3.63, 3.8) is 0 Å². The highest BCUT2D eigenvalue weighted by Crippen LogP contribution is 2.07. The molecule has 1 saturated heterocycles. The number of primary amides is 1. The van der Waals surface area contributed by atoms with Crippen molar-refractivity contribution >= 4 is 68.2 Å². The maximum absolute atomic E-state index is 13.5. The highest BCUT2D eigenvalue weighted by atomic mass is 32.3. The number of aliphatic imine (C=N–C) groups is 1. The number of hydrogen-bond donors (Lipinski definition) is 18. The second kappa shape index (κ2) is 25.0. The van der Waals surface area contributed by atoms with Gasteiger partial charge in [0.1, 0.15) is 29.9 Å². The third kappa shape index (κ3) is 24.7. The fraction of sp³-hybridized carbons (Fsp3) is 0.600. The number of aliphatic hydroxyl groups excluding tert-OH is 1. The van der Waals surface area contributed by atoms with Crippen LogP contribution in [0.15, 0.2) is 16.9 Å². The van der Waals surface area contributed by atoms with Gasteiger partial charge in [0.25, 0.3) is 5.91 Å². The maximum atomic E-state index is 13.5. The minimum Gasteiger partial charge on any atom is -0.394 e. The second-order valence-corrected chi connectivity index (χ2v) is 13.4. The van der Waals surface area contributed by atoms with E-state index in [4.69, 9.17) is 63.7 Å². The lowest BCUT2D eigenvalue weighted by molar-refractivity contribution is -0.134. The molecule has 2 aliphatic heterocycles. The molecule has 0 bridgehead atoms. The van der Waals surface area contributed by atoms with Gasteiger partial charge in [-0.3, -0.25) is 52.0 Å². The Morgan fingerprint density at radius 2 is 1.49 bits per heavy atom. The number of hydrogen-bond acceptors (Lipinski definition) is 18. The topological polar surface area (TPSA) is 528 Å². The summed E-state index contributed by atoms with van der Waals surface area (Å²) in [7, 11) is -9.33. The van der Waals surface area contributed by atoms with Gasteiger partial charge in [-0.1, -0.05) is 0 Å². The molecule has 0 spiro atoms. The van der Waals surface area contributed by atoms with Crippen LogP contribution in [-0.2, 0) is 49.6 Å². The summed E-state index contributed by atoms with van der Waals surface area (Å²) in [6.07, 6.45) is 1.86. The Bertz CT molecular complexity index is 1670. The molecule has 0 aromatic carbocycles. The zero-order valence-electron chi connectivity index (χ0n) is 29.8. The number of nitrogens with two attached hydrogens (primary N) is 5. The lowest BCUT2D eigenvalue weighted by Gasteiger charge is -2.31. The molecule has 6 atom stereocenters. The van der Waals surface area contributed by atoms with Crippen molar-refractivity contribution in [3.8, 4) is 0 Å². The molecule has 8 amide bonds. The summed E-state index contributed by atoms with van der Waals surface area (Å²) in [5.74, 6) is -5.62. The van der Waals surface area contributed by atoms with E-state index in [2.05, 4.69) is 42.2 Å². The highest BCUT2D eigenvalue weighted by Gasteiger charge is 2.35. The van der Waals surface area contributed by atoms with E-state index in [1.807, 2.05) is 5.32 Å². The Balaban J connectivity index is 0.00000277. The Kier molecular flexibility index (Phi) is 22.7. The van der Waals surface area contributed by atoms with Crippen molar-refractivity contribution in [2.45, 2.75) is 61.9 Å². The van der Waals surface area contributed by atoms with Crippen LogP contribution in [-0.4, -0.2) is 157 Å². The fourth-order valence-corrected chi connectivity index (χ4v) is 4.35. The van der Waals surface area contributed by atoms with E-state index in [0.29, 0.717) is 19.4 Å². The predicted molar refractivity (Wildman–Crippen MR) is 193 cm³/mol. The molecule has 0 radical (unpaired) electrons. The Hall–Kier alpha value is -5.32. The van der Waals surface area contributed by atoms with E-state index in [9.17, 15) is 38.7 Å². The van der Waals surface area contributed by atoms with Crippen molar-refractivity contribution in [1.82, 2.24) is 42.5 Å². The first-order valence-electron chi connectivity index (χ1n) is 16.1. The zero-order valence-corrected chi connectivity index (χ0v) is 31.4. The molecule has 2 aliphatic rings. The SMILES string of the molecule is NCCCC(N)CC(=O)NC[C@@H]1NC(=O)[C@H](CO)NC(=O)[C@@H](N)CNC(=O)C([C@H]2CCN=C(N)N2)NC(=O)/C(=C/NC(N)=O)NC1=O.O=S(=O)(O)O.O=S(=O)(O)O. The van der Waals surface area contributed by atoms with Crippen LogP contribution in [0.3, 0.4) is 0 Å². The van der Waals surface area contributed by atoms with Crippen molar-refractivity contribution < 1.29 is 73.7 Å². The molecule has 2 rings (SSSR count). The molecular weight excluding hydrogens is 816 g/mol. The van der Waals surface area contributed by atoms with Crippen LogP contribution in [0.4, 0.5) is 4.79 Å². The van der Waals surface area contributed by atoms with Crippen LogP contribution in [0.5, 0.6) is 0 Å². The van der Waals surface area contributed by atoms with Crippen molar-refractivity contribution in [2.75, 3.05) is 32.8 Å². The van der Waals surface area contributed by atoms with Gasteiger partial charge in [-0.25, -0.2) is 4.79 Å². The van der Waals surface area contributed by atoms with Gasteiger partial charge in [0, 0.05) is 38.3 Å². The first kappa shape index (κ1) is 51.7. The average molecular weight is 865 g/mol. The van der Waals surface area contributed by atoms with Crippen LogP contribution in [0.1, 0.15) is 25.7 Å². The quantitative estimate of drug-likeness (QED) is 0.0716. The first-order valence-corrected chi connectivity index (χ1v) is 18.9. The summed E-state index contributed by atoms with van der Waals surface area (Å²) in [6, 6.07) is -8.54. The van der Waals surface area contributed by atoms with E-state index in [-0.39, 0.29) is 25.3 Å². The summed E-state index contributed by atoms with van der Waals surface area (Å²) in [5, 5.41) is 28.7. The predicted octanol–water partition coefficient (Wildman–Crippen LogP) is -9.54. The monoisotopic (exact) mass is 864 g/mol. The molecule has 0 aromatic rings. The van der Waals surface area contributed by atoms with Crippen LogP contribution >= 0.6 is 0 Å². The molecule has 0 aromatic heterocycles. The van der Waals surface area contributed by atoms with Gasteiger partial charge in [0.15, 0.2) is 5.96 Å². The van der Waals surface area contributed by atoms with Gasteiger partial charge >= 0.3 is 26.8 Å². The summed E-state index contributed by atoms with van der Waals surface area (Å²) in [6.45, 7) is -1.36. The third-order valence-electron chi connectivity index (χ3n) is 6.90. The first-order chi connectivity index (χ1) is 26.2. The van der Waals surface area contributed by atoms with Crippen LogP contribution in [0.2, 0.25) is 0 Å². The van der Waals surface area contributed by atoms with Crippen molar-refractivity contribution in [3.05, 3.63) is 11.9 Å². The standard InChI is InChI=1S/C25H44N14O8.2H2O4S/c26-4-1-2-11(27)6-17(41)32-8-14-20(43)35-15(9-34-25(30)47)21(44)39-18(13-3-5-31-24(29)38-13)23(46)33-7-12(28)19(42)37-16(10-40)22(45)36-14;2*1-5(2,3)4/h9,11-14,16,18,40H,1-8,10,26-28H2,(H,32,41)(H,33,46)(H,35,43)(H,36,45)(H,37,42)(H,39,44)(H3,29,31,38)(H3,30,34,47);2*(H2,1,2,3,4)/b15-9-;;/t11?,12-,13+,14-,16-,18?;;/m0../s1. The fourth-order valence-electron chi connectivity index (χ4n) is 4.35. The minimum absolute atomic E-state index is 0.0120. The molecule has 2 unspecified atom stereocenters. The third-order valence-corrected chi connectivity index (χ3v) is 6.90. The normalized spacial score (nSPS) is 23.7.